The number of sulfonamides is 1. The van der Waals surface area contributed by atoms with Crippen molar-refractivity contribution >= 4 is 37.5 Å². The van der Waals surface area contributed by atoms with Crippen molar-refractivity contribution in [3.63, 3.8) is 0 Å². The summed E-state index contributed by atoms with van der Waals surface area (Å²) in [6.07, 6.45) is 1.50. The van der Waals surface area contributed by atoms with Gasteiger partial charge in [0.2, 0.25) is 15.9 Å². The molecular weight excluding hydrogens is 464 g/mol. The van der Waals surface area contributed by atoms with E-state index in [0.717, 1.165) is 16.7 Å². The Morgan fingerprint density at radius 2 is 1.94 bits per heavy atom. The lowest BCUT2D eigenvalue weighted by molar-refractivity contribution is -0.121. The number of carbonyl (C=O) groups is 1. The third-order valence-corrected chi connectivity index (χ3v) is 8.31. The number of thiophene rings is 1. The number of nitrogens with zero attached hydrogens (tertiary/aromatic N) is 3. The minimum atomic E-state index is -3.43. The summed E-state index contributed by atoms with van der Waals surface area (Å²) in [6.45, 7) is 3.62. The number of aryl methyl sites for hydroxylation is 2. The highest BCUT2D eigenvalue weighted by Crippen LogP contribution is 2.30. The van der Waals surface area contributed by atoms with Crippen LogP contribution in [0.2, 0.25) is 0 Å². The van der Waals surface area contributed by atoms with Gasteiger partial charge in [0.15, 0.2) is 0 Å². The van der Waals surface area contributed by atoms with Crippen LogP contribution in [0.5, 0.6) is 0 Å². The molecule has 1 fully saturated rings. The predicted molar refractivity (Wildman–Crippen MR) is 128 cm³/mol. The molecule has 3 aromatic rings. The zero-order valence-corrected chi connectivity index (χ0v) is 20.0. The number of ether oxygens (including phenoxy) is 1. The molecule has 2 aromatic heterocycles. The van der Waals surface area contributed by atoms with E-state index in [1.54, 1.807) is 0 Å². The molecule has 9 nitrogen and oxygen atoms in total. The maximum absolute atomic E-state index is 13.1. The molecule has 176 valence electrons. The van der Waals surface area contributed by atoms with Crippen LogP contribution >= 0.6 is 11.3 Å². The number of carbonyl (C=O) groups excluding carboxylic acids is 1. The summed E-state index contributed by atoms with van der Waals surface area (Å²) in [4.78, 5) is 30.4. The van der Waals surface area contributed by atoms with Gasteiger partial charge in [0.1, 0.15) is 4.83 Å². The highest BCUT2D eigenvalue weighted by Gasteiger charge is 2.24. The molecule has 1 aliphatic heterocycles. The third-order valence-electron chi connectivity index (χ3n) is 5.55. The number of fused-ring (bicyclic) bond motifs is 1. The van der Waals surface area contributed by atoms with Crippen LogP contribution in [-0.2, 0) is 26.1 Å². The van der Waals surface area contributed by atoms with E-state index >= 15 is 0 Å². The minimum absolute atomic E-state index is 0.0206. The van der Waals surface area contributed by atoms with Crippen molar-refractivity contribution in [3.8, 4) is 11.1 Å². The second-order valence-electron chi connectivity index (χ2n) is 7.87. The van der Waals surface area contributed by atoms with Crippen LogP contribution in [-0.4, -0.2) is 66.8 Å². The van der Waals surface area contributed by atoms with Crippen LogP contribution in [0.3, 0.4) is 0 Å². The van der Waals surface area contributed by atoms with E-state index in [1.165, 1.54) is 26.5 Å². The highest BCUT2D eigenvalue weighted by molar-refractivity contribution is 7.89. The molecule has 0 aliphatic carbocycles. The standard InChI is InChI=1S/C22H26N4O5S2/c1-16-2-4-17(5-3-16)18-14-32-21-20(18)22(28)25(15-24-21)8-6-19(27)23-7-13-33(29,30)26-9-11-31-12-10-26/h2-5,14-15H,6-13H2,1H3,(H,23,27). The largest absolute Gasteiger partial charge is 0.379 e. The SMILES string of the molecule is Cc1ccc(-c2csc3ncn(CCC(=O)NCCS(=O)(=O)N4CCOCC4)c(=O)c23)cc1. The molecule has 0 radical (unpaired) electrons. The van der Waals surface area contributed by atoms with Crippen molar-refractivity contribution in [2.45, 2.75) is 19.9 Å². The highest BCUT2D eigenvalue weighted by atomic mass is 32.2. The maximum Gasteiger partial charge on any atom is 0.262 e. The summed E-state index contributed by atoms with van der Waals surface area (Å²) >= 11 is 1.41. The Balaban J connectivity index is 1.37. The minimum Gasteiger partial charge on any atom is -0.379 e. The fourth-order valence-corrected chi connectivity index (χ4v) is 5.89. The number of rotatable bonds is 8. The van der Waals surface area contributed by atoms with Crippen molar-refractivity contribution in [2.75, 3.05) is 38.6 Å². The Morgan fingerprint density at radius 3 is 2.67 bits per heavy atom. The van der Waals surface area contributed by atoms with E-state index in [-0.39, 0.29) is 36.7 Å². The second kappa shape index (κ2) is 10.1. The van der Waals surface area contributed by atoms with E-state index in [9.17, 15) is 18.0 Å². The molecule has 11 heteroatoms. The number of hydrogen-bond acceptors (Lipinski definition) is 7. The third kappa shape index (κ3) is 5.49. The number of benzene rings is 1. The molecule has 1 amide bonds. The molecule has 1 N–H and O–H groups in total. The van der Waals surface area contributed by atoms with E-state index < -0.39 is 10.0 Å². The molecule has 1 aliphatic rings. The molecule has 4 rings (SSSR count). The second-order valence-corrected chi connectivity index (χ2v) is 10.8. The lowest BCUT2D eigenvalue weighted by Crippen LogP contribution is -2.43. The topological polar surface area (TPSA) is 111 Å². The Kier molecular flexibility index (Phi) is 7.23. The monoisotopic (exact) mass is 490 g/mol. The molecule has 0 unspecified atom stereocenters. The lowest BCUT2D eigenvalue weighted by Gasteiger charge is -2.26. The average molecular weight is 491 g/mol. The van der Waals surface area contributed by atoms with Crippen molar-refractivity contribution < 1.29 is 17.9 Å². The van der Waals surface area contributed by atoms with Gasteiger partial charge in [0, 0.05) is 43.5 Å². The van der Waals surface area contributed by atoms with E-state index in [1.807, 2.05) is 36.6 Å². The van der Waals surface area contributed by atoms with Crippen LogP contribution < -0.4 is 10.9 Å². The van der Waals surface area contributed by atoms with Crippen LogP contribution in [0.15, 0.2) is 40.8 Å². The van der Waals surface area contributed by atoms with E-state index in [4.69, 9.17) is 4.74 Å². The van der Waals surface area contributed by atoms with Gasteiger partial charge in [-0.3, -0.25) is 14.2 Å². The van der Waals surface area contributed by atoms with Gasteiger partial charge in [-0.1, -0.05) is 29.8 Å². The normalized spacial score (nSPS) is 15.1. The summed E-state index contributed by atoms with van der Waals surface area (Å²) in [7, 11) is -3.43. The zero-order chi connectivity index (χ0) is 23.4. The summed E-state index contributed by atoms with van der Waals surface area (Å²) in [5, 5.41) is 5.10. The van der Waals surface area contributed by atoms with Gasteiger partial charge in [-0.05, 0) is 12.5 Å². The first-order valence-electron chi connectivity index (χ1n) is 10.7. The molecular formula is C22H26N4O5S2. The zero-order valence-electron chi connectivity index (χ0n) is 18.3. The van der Waals surface area contributed by atoms with Crippen molar-refractivity contribution in [1.82, 2.24) is 19.2 Å². The van der Waals surface area contributed by atoms with Gasteiger partial charge >= 0.3 is 0 Å². The molecule has 1 saturated heterocycles. The molecule has 0 bridgehead atoms. The van der Waals surface area contributed by atoms with E-state index in [0.29, 0.717) is 36.5 Å². The summed E-state index contributed by atoms with van der Waals surface area (Å²) in [5.74, 6) is -0.482. The first kappa shape index (κ1) is 23.6. The first-order valence-corrected chi connectivity index (χ1v) is 13.2. The molecule has 33 heavy (non-hydrogen) atoms. The van der Waals surface area contributed by atoms with Crippen LogP contribution in [0, 0.1) is 6.92 Å². The smallest absolute Gasteiger partial charge is 0.262 e. The first-order chi connectivity index (χ1) is 15.8. The van der Waals surface area contributed by atoms with Gasteiger partial charge < -0.3 is 10.1 Å². The lowest BCUT2D eigenvalue weighted by atomic mass is 10.1. The van der Waals surface area contributed by atoms with Gasteiger partial charge in [-0.2, -0.15) is 4.31 Å². The quantitative estimate of drug-likeness (QED) is 0.514. The van der Waals surface area contributed by atoms with Crippen LogP contribution in [0.25, 0.3) is 21.3 Å². The summed E-state index contributed by atoms with van der Waals surface area (Å²) < 4.78 is 32.6. The van der Waals surface area contributed by atoms with Crippen molar-refractivity contribution in [3.05, 3.63) is 51.9 Å². The van der Waals surface area contributed by atoms with Gasteiger partial charge in [-0.25, -0.2) is 13.4 Å². The number of amides is 1. The number of aromatic nitrogens is 2. The average Bonchev–Trinajstić information content (AvgIpc) is 3.25. The summed E-state index contributed by atoms with van der Waals surface area (Å²) in [6, 6.07) is 7.95. The van der Waals surface area contributed by atoms with Crippen molar-refractivity contribution in [2.24, 2.45) is 0 Å². The Labute approximate surface area is 196 Å². The van der Waals surface area contributed by atoms with Crippen molar-refractivity contribution in [1.29, 1.82) is 0 Å². The van der Waals surface area contributed by atoms with Gasteiger partial charge in [-0.15, -0.1) is 11.3 Å². The molecule has 3 heterocycles. The number of hydrogen-bond donors (Lipinski definition) is 1. The van der Waals surface area contributed by atoms with Crippen LogP contribution in [0.4, 0.5) is 0 Å². The van der Waals surface area contributed by atoms with Crippen LogP contribution in [0.1, 0.15) is 12.0 Å². The Bertz CT molecular complexity index is 1290. The van der Waals surface area contributed by atoms with E-state index in [2.05, 4.69) is 10.3 Å². The van der Waals surface area contributed by atoms with Gasteiger partial charge in [0.25, 0.3) is 5.56 Å². The predicted octanol–water partition coefficient (Wildman–Crippen LogP) is 1.60. The molecule has 0 saturated carbocycles. The van der Waals surface area contributed by atoms with Gasteiger partial charge in [0.05, 0.1) is 30.7 Å². The fourth-order valence-electron chi connectivity index (χ4n) is 3.66. The number of morpholine rings is 1. The fraction of sp³-hybridized carbons (Fsp3) is 0.409. The molecule has 1 aromatic carbocycles. The Hall–Kier alpha value is -2.60. The maximum atomic E-state index is 13.1. The Morgan fingerprint density at radius 1 is 1.21 bits per heavy atom. The summed E-state index contributed by atoms with van der Waals surface area (Å²) in [5.41, 5.74) is 2.72. The molecule has 0 spiro atoms. The molecule has 0 atom stereocenters. The number of nitrogens with one attached hydrogen (secondary N) is 1.